The van der Waals surface area contributed by atoms with Gasteiger partial charge in [-0.25, -0.2) is 0 Å². The molecule has 0 aromatic rings. The van der Waals surface area contributed by atoms with Crippen molar-refractivity contribution in [1.82, 2.24) is 5.32 Å². The molecule has 4 heteroatoms. The summed E-state index contributed by atoms with van der Waals surface area (Å²) >= 11 is 0. The summed E-state index contributed by atoms with van der Waals surface area (Å²) in [6, 6.07) is 0. The molecule has 2 aliphatic rings. The van der Waals surface area contributed by atoms with Crippen molar-refractivity contribution >= 4 is 18.3 Å². The first-order chi connectivity index (χ1) is 8.62. The Morgan fingerprint density at radius 1 is 1.21 bits per heavy atom. The lowest BCUT2D eigenvalue weighted by Gasteiger charge is -2.29. The average Bonchev–Trinajstić information content (AvgIpc) is 2.80. The molecule has 1 amide bonds. The monoisotopic (exact) mass is 288 g/mol. The van der Waals surface area contributed by atoms with Crippen LogP contribution in [0.4, 0.5) is 0 Å². The Bertz CT molecular complexity index is 290. The number of nitrogens with one attached hydrogen (secondary N) is 1. The fraction of sp³-hybridized carbons (Fsp3) is 0.933. The van der Waals surface area contributed by atoms with E-state index in [1.54, 1.807) is 0 Å². The van der Waals surface area contributed by atoms with Crippen LogP contribution in [0.15, 0.2) is 0 Å². The number of nitrogens with two attached hydrogens (primary N) is 1. The second-order valence-electron chi connectivity index (χ2n) is 6.43. The van der Waals surface area contributed by atoms with Crippen molar-refractivity contribution in [3.05, 3.63) is 0 Å². The molecule has 3 nitrogen and oxygen atoms in total. The average molecular weight is 289 g/mol. The lowest BCUT2D eigenvalue weighted by atomic mass is 9.78. The van der Waals surface area contributed by atoms with Gasteiger partial charge in [0.05, 0.1) is 5.54 Å². The van der Waals surface area contributed by atoms with Gasteiger partial charge in [-0.2, -0.15) is 0 Å². The second-order valence-corrected chi connectivity index (χ2v) is 6.43. The molecule has 0 aliphatic heterocycles. The first-order valence-corrected chi connectivity index (χ1v) is 7.69. The Labute approximate surface area is 123 Å². The van der Waals surface area contributed by atoms with Gasteiger partial charge in [0.25, 0.3) is 0 Å². The minimum absolute atomic E-state index is 0. The lowest BCUT2D eigenvalue weighted by Crippen LogP contribution is -2.52. The molecular formula is C15H29ClN2O. The van der Waals surface area contributed by atoms with Crippen LogP contribution in [0, 0.1) is 11.8 Å². The summed E-state index contributed by atoms with van der Waals surface area (Å²) in [7, 11) is 0. The van der Waals surface area contributed by atoms with E-state index in [1.165, 1.54) is 25.7 Å². The summed E-state index contributed by atoms with van der Waals surface area (Å²) in [6.07, 6.45) is 10.5. The molecule has 112 valence electrons. The Hall–Kier alpha value is -0.280. The van der Waals surface area contributed by atoms with Crippen molar-refractivity contribution < 1.29 is 4.79 Å². The molecule has 0 bridgehead atoms. The number of carbonyl (C=O) groups excluding carboxylic acids is 1. The van der Waals surface area contributed by atoms with Crippen molar-refractivity contribution in [2.75, 3.05) is 6.54 Å². The maximum atomic E-state index is 12.1. The Kier molecular flexibility index (Phi) is 6.61. The fourth-order valence-electron chi connectivity index (χ4n) is 3.60. The van der Waals surface area contributed by atoms with Crippen molar-refractivity contribution in [3.63, 3.8) is 0 Å². The van der Waals surface area contributed by atoms with E-state index in [9.17, 15) is 4.79 Å². The van der Waals surface area contributed by atoms with Gasteiger partial charge in [-0.1, -0.05) is 45.4 Å². The summed E-state index contributed by atoms with van der Waals surface area (Å²) in [5.74, 6) is 1.72. The predicted molar refractivity (Wildman–Crippen MR) is 81.4 cm³/mol. The highest BCUT2D eigenvalue weighted by Gasteiger charge is 2.36. The van der Waals surface area contributed by atoms with E-state index < -0.39 is 5.54 Å². The number of halogens is 1. The predicted octanol–water partition coefficient (Wildman–Crippen LogP) is 3.01. The summed E-state index contributed by atoms with van der Waals surface area (Å²) in [6.45, 7) is 3.17. The topological polar surface area (TPSA) is 55.1 Å². The normalized spacial score (nSPS) is 29.6. The van der Waals surface area contributed by atoms with Crippen LogP contribution >= 0.6 is 12.4 Å². The van der Waals surface area contributed by atoms with E-state index >= 15 is 0 Å². The van der Waals surface area contributed by atoms with Gasteiger partial charge in [0, 0.05) is 6.54 Å². The van der Waals surface area contributed by atoms with Crippen molar-refractivity contribution in [1.29, 1.82) is 0 Å². The number of hydrogen-bond acceptors (Lipinski definition) is 2. The third kappa shape index (κ3) is 4.35. The largest absolute Gasteiger partial charge is 0.354 e. The first-order valence-electron chi connectivity index (χ1n) is 7.69. The second kappa shape index (κ2) is 7.49. The van der Waals surface area contributed by atoms with Crippen molar-refractivity contribution in [2.24, 2.45) is 17.6 Å². The molecule has 2 fully saturated rings. The van der Waals surface area contributed by atoms with Crippen LogP contribution in [0.2, 0.25) is 0 Å². The smallest absolute Gasteiger partial charge is 0.240 e. The van der Waals surface area contributed by atoms with Gasteiger partial charge >= 0.3 is 0 Å². The van der Waals surface area contributed by atoms with E-state index in [2.05, 4.69) is 12.2 Å². The maximum absolute atomic E-state index is 12.1. The Balaban J connectivity index is 0.00000180. The zero-order valence-electron chi connectivity index (χ0n) is 12.1. The molecule has 3 N–H and O–H groups in total. The van der Waals surface area contributed by atoms with Crippen LogP contribution < -0.4 is 11.1 Å². The zero-order valence-corrected chi connectivity index (χ0v) is 12.9. The van der Waals surface area contributed by atoms with Gasteiger partial charge in [0.1, 0.15) is 0 Å². The standard InChI is InChI=1S/C15H28N2O.ClH/c1-12-6-2-3-7-13(12)8-11-17-14(18)15(16)9-4-5-10-15;/h12-13H,2-11,16H2,1H3,(H,17,18);1H. The van der Waals surface area contributed by atoms with Crippen LogP contribution in [0.5, 0.6) is 0 Å². The van der Waals surface area contributed by atoms with Gasteiger partial charge in [-0.15, -0.1) is 12.4 Å². The van der Waals surface area contributed by atoms with Gasteiger partial charge in [0.2, 0.25) is 5.91 Å². The molecule has 2 rings (SSSR count). The summed E-state index contributed by atoms with van der Waals surface area (Å²) in [5.41, 5.74) is 5.58. The quantitative estimate of drug-likeness (QED) is 0.835. The third-order valence-corrected chi connectivity index (χ3v) is 5.04. The zero-order chi connectivity index (χ0) is 13.0. The molecule has 2 atom stereocenters. The van der Waals surface area contributed by atoms with Crippen LogP contribution in [-0.4, -0.2) is 18.0 Å². The van der Waals surface area contributed by atoms with Gasteiger partial charge in [-0.3, -0.25) is 4.79 Å². The molecule has 0 aromatic carbocycles. The van der Waals surface area contributed by atoms with E-state index in [1.807, 2.05) is 0 Å². The summed E-state index contributed by atoms with van der Waals surface area (Å²) < 4.78 is 0. The van der Waals surface area contributed by atoms with E-state index in [4.69, 9.17) is 5.73 Å². The summed E-state index contributed by atoms with van der Waals surface area (Å²) in [4.78, 5) is 12.1. The van der Waals surface area contributed by atoms with E-state index in [0.717, 1.165) is 50.5 Å². The third-order valence-electron chi connectivity index (χ3n) is 5.04. The number of hydrogen-bond donors (Lipinski definition) is 2. The molecule has 0 radical (unpaired) electrons. The van der Waals surface area contributed by atoms with Crippen LogP contribution in [0.1, 0.15) is 64.7 Å². The number of carbonyl (C=O) groups is 1. The van der Waals surface area contributed by atoms with E-state index in [-0.39, 0.29) is 18.3 Å². The van der Waals surface area contributed by atoms with Crippen LogP contribution in [0.3, 0.4) is 0 Å². The molecular weight excluding hydrogens is 260 g/mol. The first kappa shape index (κ1) is 16.8. The molecule has 0 aromatic heterocycles. The Morgan fingerprint density at radius 3 is 2.47 bits per heavy atom. The van der Waals surface area contributed by atoms with Crippen LogP contribution in [0.25, 0.3) is 0 Å². The molecule has 19 heavy (non-hydrogen) atoms. The lowest BCUT2D eigenvalue weighted by molar-refractivity contribution is -0.126. The Morgan fingerprint density at radius 2 is 1.84 bits per heavy atom. The molecule has 2 aliphatic carbocycles. The summed E-state index contributed by atoms with van der Waals surface area (Å²) in [5, 5.41) is 3.07. The van der Waals surface area contributed by atoms with Crippen molar-refractivity contribution in [2.45, 2.75) is 70.3 Å². The van der Waals surface area contributed by atoms with Crippen LogP contribution in [-0.2, 0) is 4.79 Å². The minimum Gasteiger partial charge on any atom is -0.354 e. The molecule has 2 unspecified atom stereocenters. The number of amides is 1. The van der Waals surface area contributed by atoms with Gasteiger partial charge in [0.15, 0.2) is 0 Å². The molecule has 0 saturated heterocycles. The molecule has 0 heterocycles. The minimum atomic E-state index is -0.557. The fourth-order valence-corrected chi connectivity index (χ4v) is 3.60. The van der Waals surface area contributed by atoms with E-state index in [0.29, 0.717) is 0 Å². The SMILES string of the molecule is CC1CCCCC1CCNC(=O)C1(N)CCCC1.Cl. The van der Waals surface area contributed by atoms with Crippen molar-refractivity contribution in [3.8, 4) is 0 Å². The molecule has 2 saturated carbocycles. The van der Waals surface area contributed by atoms with Gasteiger partial charge in [-0.05, 0) is 31.1 Å². The van der Waals surface area contributed by atoms with Gasteiger partial charge < -0.3 is 11.1 Å². The molecule has 0 spiro atoms. The highest BCUT2D eigenvalue weighted by molar-refractivity contribution is 5.86. The highest BCUT2D eigenvalue weighted by atomic mass is 35.5. The number of rotatable bonds is 4. The maximum Gasteiger partial charge on any atom is 0.240 e. The highest BCUT2D eigenvalue weighted by Crippen LogP contribution is 2.31.